The third-order valence-electron chi connectivity index (χ3n) is 14.3. The van der Waals surface area contributed by atoms with Crippen molar-refractivity contribution in [2.24, 2.45) is 0 Å². The molecule has 0 saturated carbocycles. The lowest BCUT2D eigenvalue weighted by atomic mass is 10.1. The highest BCUT2D eigenvalue weighted by atomic mass is 17.2. The zero-order valence-corrected chi connectivity index (χ0v) is 40.1. The van der Waals surface area contributed by atoms with Gasteiger partial charge >= 0.3 is 11.9 Å². The number of fused-ring (bicyclic) bond motifs is 3. The van der Waals surface area contributed by atoms with Gasteiger partial charge in [-0.15, -0.1) is 0 Å². The molecule has 6 saturated heterocycles. The molecule has 6 aliphatic heterocycles. The largest absolute Gasteiger partial charge is 0.460 e. The maximum Gasteiger partial charge on any atom is 0.338 e. The molecule has 15 heteroatoms. The van der Waals surface area contributed by atoms with Gasteiger partial charge in [-0.25, -0.2) is 19.4 Å². The molecule has 0 spiro atoms. The van der Waals surface area contributed by atoms with Gasteiger partial charge in [0, 0.05) is 70.9 Å². The van der Waals surface area contributed by atoms with Crippen molar-refractivity contribution in [2.45, 2.75) is 102 Å². The summed E-state index contributed by atoms with van der Waals surface area (Å²) in [4.78, 5) is 62.8. The Hall–Kier alpha value is -4.13. The average Bonchev–Trinajstić information content (AvgIpc) is 4.18. The molecule has 3 aromatic carbocycles. The molecule has 3 unspecified atom stereocenters. The first-order valence-electron chi connectivity index (χ1n) is 25.4. The Kier molecular flexibility index (Phi) is 19.4. The van der Waals surface area contributed by atoms with Crippen molar-refractivity contribution in [2.75, 3.05) is 105 Å². The topological polar surface area (TPSA) is 137 Å². The molecule has 0 aliphatic carbocycles. The lowest BCUT2D eigenvalue weighted by Crippen LogP contribution is -2.49. The number of hydrogen-bond acceptors (Lipinski definition) is 15. The van der Waals surface area contributed by atoms with Crippen LogP contribution in [-0.2, 0) is 43.6 Å². The van der Waals surface area contributed by atoms with Gasteiger partial charge in [0.1, 0.15) is 19.8 Å². The van der Waals surface area contributed by atoms with Gasteiger partial charge in [-0.2, -0.15) is 0 Å². The summed E-state index contributed by atoms with van der Waals surface area (Å²) in [6.45, 7) is 14.6. The Morgan fingerprint density at radius 2 is 0.824 bits per heavy atom. The molecule has 3 atom stereocenters. The minimum atomic E-state index is -0.380. The number of benzene rings is 3. The number of hydrogen-bond donors (Lipinski definition) is 1. The van der Waals surface area contributed by atoms with Gasteiger partial charge in [0.15, 0.2) is 5.78 Å². The van der Waals surface area contributed by atoms with E-state index in [1.54, 1.807) is 0 Å². The van der Waals surface area contributed by atoms with E-state index in [1.807, 2.05) is 60.7 Å². The normalized spacial score (nSPS) is 22.5. The minimum Gasteiger partial charge on any atom is -0.460 e. The third-order valence-corrected chi connectivity index (χ3v) is 14.3. The van der Waals surface area contributed by atoms with Crippen LogP contribution in [0.25, 0.3) is 0 Å². The Morgan fingerprint density at radius 3 is 1.25 bits per heavy atom. The fourth-order valence-electron chi connectivity index (χ4n) is 11.0. The molecule has 6 heterocycles. The van der Waals surface area contributed by atoms with E-state index in [0.717, 1.165) is 39.3 Å². The smallest absolute Gasteiger partial charge is 0.338 e. The zero-order valence-electron chi connectivity index (χ0n) is 40.1. The molecule has 1 N–H and O–H groups in total. The fraction of sp³-hybridized carbons (Fsp3) is 0.604. The van der Waals surface area contributed by atoms with E-state index in [-0.39, 0.29) is 63.8 Å². The second-order valence-electron chi connectivity index (χ2n) is 19.0. The number of carbonyl (C=O) groups is 3. The van der Waals surface area contributed by atoms with Crippen molar-refractivity contribution in [3.63, 3.8) is 0 Å². The number of ketones is 1. The predicted molar refractivity (Wildman–Crippen MR) is 258 cm³/mol. The Labute approximate surface area is 403 Å². The SMILES string of the molecule is O=C(CCOOCCOC(=O)c1ccc(CN2CCCN3CCCC32)cc1)c1ccc(CN2CCCN3CCCC32)cc1.O=C(OCCOCCO)c1ccc(CN2CCCN3CCCC32)cc1. The first-order chi connectivity index (χ1) is 33.4. The number of aliphatic hydroxyl groups excluding tert-OH is 1. The second kappa shape index (κ2) is 26.2. The van der Waals surface area contributed by atoms with Crippen molar-refractivity contribution >= 4 is 17.7 Å². The van der Waals surface area contributed by atoms with E-state index in [2.05, 4.69) is 41.5 Å². The van der Waals surface area contributed by atoms with Crippen LogP contribution in [0, 0.1) is 0 Å². The highest BCUT2D eigenvalue weighted by Gasteiger charge is 2.35. The van der Waals surface area contributed by atoms with E-state index in [0.29, 0.717) is 41.8 Å². The van der Waals surface area contributed by atoms with Crippen LogP contribution in [0.2, 0.25) is 0 Å². The van der Waals surface area contributed by atoms with Crippen molar-refractivity contribution < 1.29 is 43.5 Å². The molecular weight excluding hydrogens is 865 g/mol. The van der Waals surface area contributed by atoms with Crippen molar-refractivity contribution in [3.05, 3.63) is 106 Å². The van der Waals surface area contributed by atoms with Crippen molar-refractivity contribution in [1.82, 2.24) is 29.4 Å². The first-order valence-corrected chi connectivity index (χ1v) is 25.4. The Morgan fingerprint density at radius 1 is 0.441 bits per heavy atom. The minimum absolute atomic E-state index is 0.0193. The Bertz CT molecular complexity index is 1930. The van der Waals surface area contributed by atoms with Gasteiger partial charge in [-0.05, 0) is 118 Å². The monoisotopic (exact) mass is 939 g/mol. The quantitative estimate of drug-likeness (QED) is 0.0453. The summed E-state index contributed by atoms with van der Waals surface area (Å²) in [6, 6.07) is 23.4. The lowest BCUT2D eigenvalue weighted by Gasteiger charge is -2.40. The number of Topliss-reactive ketones (excluding diaryl/α,β-unsaturated/α-hetero) is 1. The van der Waals surface area contributed by atoms with Gasteiger partial charge in [0.2, 0.25) is 0 Å². The van der Waals surface area contributed by atoms with Crippen LogP contribution in [0.15, 0.2) is 72.8 Å². The summed E-state index contributed by atoms with van der Waals surface area (Å²) in [5, 5.41) is 8.61. The van der Waals surface area contributed by atoms with Crippen LogP contribution >= 0.6 is 0 Å². The van der Waals surface area contributed by atoms with E-state index in [1.165, 1.54) is 114 Å². The highest BCUT2D eigenvalue weighted by Crippen LogP contribution is 2.29. The van der Waals surface area contributed by atoms with Crippen molar-refractivity contribution in [1.29, 1.82) is 0 Å². The van der Waals surface area contributed by atoms with Crippen LogP contribution in [0.5, 0.6) is 0 Å². The van der Waals surface area contributed by atoms with E-state index < -0.39 is 0 Å². The molecule has 6 fully saturated rings. The highest BCUT2D eigenvalue weighted by molar-refractivity contribution is 5.96. The van der Waals surface area contributed by atoms with Crippen LogP contribution in [0.3, 0.4) is 0 Å². The first kappa shape index (κ1) is 50.3. The van der Waals surface area contributed by atoms with Gasteiger partial charge in [0.05, 0.1) is 56.1 Å². The lowest BCUT2D eigenvalue weighted by molar-refractivity contribution is -0.296. The van der Waals surface area contributed by atoms with Crippen LogP contribution in [0.4, 0.5) is 0 Å². The molecule has 370 valence electrons. The zero-order chi connectivity index (χ0) is 46.9. The fourth-order valence-corrected chi connectivity index (χ4v) is 11.0. The molecule has 68 heavy (non-hydrogen) atoms. The molecule has 0 amide bonds. The summed E-state index contributed by atoms with van der Waals surface area (Å²) in [5.41, 5.74) is 5.46. The maximum absolute atomic E-state index is 12.6. The molecule has 3 aromatic rings. The summed E-state index contributed by atoms with van der Waals surface area (Å²) in [5.74, 6) is -0.695. The maximum atomic E-state index is 12.6. The summed E-state index contributed by atoms with van der Waals surface area (Å²) < 4.78 is 15.6. The van der Waals surface area contributed by atoms with Gasteiger partial charge in [0.25, 0.3) is 0 Å². The number of aliphatic hydroxyl groups is 1. The van der Waals surface area contributed by atoms with Gasteiger partial charge < -0.3 is 19.3 Å². The van der Waals surface area contributed by atoms with Crippen LogP contribution in [-0.4, -0.2) is 176 Å². The molecule has 15 nitrogen and oxygen atoms in total. The number of carbonyl (C=O) groups excluding carboxylic acids is 3. The molecule has 0 aromatic heterocycles. The number of rotatable bonds is 21. The van der Waals surface area contributed by atoms with Gasteiger partial charge in [-0.1, -0.05) is 48.5 Å². The molecule has 0 bridgehead atoms. The number of ether oxygens (including phenoxy) is 3. The Balaban J connectivity index is 0.000000212. The summed E-state index contributed by atoms with van der Waals surface area (Å²) >= 11 is 0. The summed E-state index contributed by atoms with van der Waals surface area (Å²) in [7, 11) is 0. The second-order valence-corrected chi connectivity index (χ2v) is 19.0. The third kappa shape index (κ3) is 14.2. The summed E-state index contributed by atoms with van der Waals surface area (Å²) in [6.07, 6.45) is 13.3. The molecule has 6 aliphatic rings. The van der Waals surface area contributed by atoms with Gasteiger partial charge in [-0.3, -0.25) is 34.2 Å². The van der Waals surface area contributed by atoms with Crippen molar-refractivity contribution in [3.8, 4) is 0 Å². The van der Waals surface area contributed by atoms with E-state index in [4.69, 9.17) is 29.1 Å². The molecule has 9 rings (SSSR count). The van der Waals surface area contributed by atoms with E-state index >= 15 is 0 Å². The van der Waals surface area contributed by atoms with Crippen LogP contribution < -0.4 is 0 Å². The van der Waals surface area contributed by atoms with Crippen LogP contribution in [0.1, 0.15) is 112 Å². The number of nitrogens with zero attached hydrogens (tertiary/aromatic N) is 6. The molecular formula is C53H74N6O9. The number of esters is 2. The molecule has 0 radical (unpaired) electrons. The standard InChI is InChI=1S/C34H46N4O5.C19H28N2O4/c39-31(29-11-7-27(8-12-29)25-37-20-3-18-35-16-1-5-32(35)37)15-22-42-43-24-23-41-34(40)30-13-9-28(10-14-30)26-38-21-4-19-36-17-2-6-33(36)38;22-11-12-24-13-14-25-19(23)17-6-4-16(5-7-17)15-21-10-2-9-20-8-1-3-18(20)21/h7-14,32-33H,1-6,15-26H2;4-7,18,22H,1-3,8-15H2. The average molecular weight is 939 g/mol. The van der Waals surface area contributed by atoms with E-state index in [9.17, 15) is 14.4 Å². The predicted octanol–water partition coefficient (Wildman–Crippen LogP) is 5.80.